The Morgan fingerprint density at radius 1 is 1.35 bits per heavy atom. The summed E-state index contributed by atoms with van der Waals surface area (Å²) in [7, 11) is 0. The number of hydrogen-bond donors (Lipinski definition) is 1. The van der Waals surface area contributed by atoms with Crippen LogP contribution in [0.15, 0.2) is 27.1 Å². The van der Waals surface area contributed by atoms with Gasteiger partial charge in [-0.1, -0.05) is 22.9 Å². The second-order valence-corrected chi connectivity index (χ2v) is 6.89. The summed E-state index contributed by atoms with van der Waals surface area (Å²) in [5.41, 5.74) is -0.155. The number of carbonyl (C=O) groups excluding carboxylic acids is 2. The number of rotatable bonds is 2. The molecule has 6 heteroatoms. The molecule has 0 aliphatic carbocycles. The Bertz CT molecular complexity index is 576. The molecule has 2 unspecified atom stereocenters. The van der Waals surface area contributed by atoms with E-state index >= 15 is 0 Å². The summed E-state index contributed by atoms with van der Waals surface area (Å²) in [6, 6.07) is 5.04. The summed E-state index contributed by atoms with van der Waals surface area (Å²) in [6.45, 7) is 5.39. The molecule has 0 bridgehead atoms. The minimum absolute atomic E-state index is 0.0918. The number of benzene rings is 1. The van der Waals surface area contributed by atoms with Gasteiger partial charge in [0.2, 0.25) is 5.91 Å². The van der Waals surface area contributed by atoms with E-state index in [1.807, 2.05) is 25.1 Å². The lowest BCUT2D eigenvalue weighted by Gasteiger charge is -2.43. The molecule has 1 aliphatic rings. The third-order valence-corrected chi connectivity index (χ3v) is 4.90. The molecule has 0 spiro atoms. The largest absolute Gasteiger partial charge is 0.340 e. The fraction of sp³-hybridized carbons (Fsp3) is 0.429. The van der Waals surface area contributed by atoms with E-state index in [2.05, 4.69) is 37.2 Å². The molecule has 1 aromatic carbocycles. The number of anilines is 1. The molecule has 1 fully saturated rings. The topological polar surface area (TPSA) is 49.4 Å². The zero-order valence-corrected chi connectivity index (χ0v) is 14.7. The van der Waals surface area contributed by atoms with Crippen molar-refractivity contribution >= 4 is 49.4 Å². The lowest BCUT2D eigenvalue weighted by molar-refractivity contribution is -0.137. The van der Waals surface area contributed by atoms with E-state index in [-0.39, 0.29) is 11.8 Å². The van der Waals surface area contributed by atoms with E-state index in [1.165, 1.54) is 0 Å². The summed E-state index contributed by atoms with van der Waals surface area (Å²) >= 11 is 6.86. The van der Waals surface area contributed by atoms with Gasteiger partial charge in [0, 0.05) is 8.95 Å². The molecule has 20 heavy (non-hydrogen) atoms. The van der Waals surface area contributed by atoms with Crippen molar-refractivity contribution in [3.8, 4) is 0 Å². The molecule has 1 aromatic rings. The van der Waals surface area contributed by atoms with Gasteiger partial charge in [-0.15, -0.1) is 0 Å². The van der Waals surface area contributed by atoms with Gasteiger partial charge >= 0.3 is 0 Å². The average molecular weight is 404 g/mol. The minimum Gasteiger partial charge on any atom is -0.340 e. The van der Waals surface area contributed by atoms with Gasteiger partial charge in [-0.2, -0.15) is 0 Å². The number of carbonyl (C=O) groups is 2. The highest BCUT2D eigenvalue weighted by Crippen LogP contribution is 2.34. The number of nitrogens with zero attached hydrogens (tertiary/aromatic N) is 1. The Morgan fingerprint density at radius 3 is 2.60 bits per heavy atom. The Balaban J connectivity index is 2.54. The van der Waals surface area contributed by atoms with Crippen LogP contribution in [0.1, 0.15) is 27.2 Å². The van der Waals surface area contributed by atoms with E-state index in [9.17, 15) is 9.59 Å². The minimum atomic E-state index is -0.856. The first kappa shape index (κ1) is 15.5. The summed E-state index contributed by atoms with van der Waals surface area (Å²) in [4.78, 5) is 26.5. The zero-order valence-electron chi connectivity index (χ0n) is 11.5. The molecule has 1 N–H and O–H groups in total. The standard InChI is InChI=1S/C14H16Br2N2O2/c1-4-14(3)13(20)18(8(2)12(19)17-14)11-7-9(15)5-6-10(11)16/h5-8H,4H2,1-3H3,(H,17,19). The van der Waals surface area contributed by atoms with Crippen molar-refractivity contribution in [1.82, 2.24) is 5.32 Å². The molecule has 2 atom stereocenters. The van der Waals surface area contributed by atoms with Crippen LogP contribution in [0.3, 0.4) is 0 Å². The van der Waals surface area contributed by atoms with Crippen LogP contribution in [-0.2, 0) is 9.59 Å². The lowest BCUT2D eigenvalue weighted by Crippen LogP contribution is -2.68. The molecule has 108 valence electrons. The molecule has 2 rings (SSSR count). The predicted molar refractivity (Wildman–Crippen MR) is 85.6 cm³/mol. The first-order valence-electron chi connectivity index (χ1n) is 6.41. The molecular formula is C14H16Br2N2O2. The lowest BCUT2D eigenvalue weighted by atomic mass is 9.92. The van der Waals surface area contributed by atoms with Crippen molar-refractivity contribution in [2.45, 2.75) is 38.8 Å². The van der Waals surface area contributed by atoms with Crippen LogP contribution in [0.5, 0.6) is 0 Å². The summed E-state index contributed by atoms with van der Waals surface area (Å²) in [5, 5.41) is 2.82. The van der Waals surface area contributed by atoms with Crippen LogP contribution in [0.2, 0.25) is 0 Å². The maximum absolute atomic E-state index is 12.8. The highest BCUT2D eigenvalue weighted by molar-refractivity contribution is 9.11. The summed E-state index contributed by atoms with van der Waals surface area (Å²) < 4.78 is 1.65. The molecule has 0 saturated carbocycles. The van der Waals surface area contributed by atoms with E-state index in [4.69, 9.17) is 0 Å². The molecule has 4 nitrogen and oxygen atoms in total. The van der Waals surface area contributed by atoms with Crippen LogP contribution in [-0.4, -0.2) is 23.4 Å². The Labute approximate surface area is 135 Å². The van der Waals surface area contributed by atoms with Crippen molar-refractivity contribution < 1.29 is 9.59 Å². The quantitative estimate of drug-likeness (QED) is 0.823. The molecule has 0 radical (unpaired) electrons. The fourth-order valence-corrected chi connectivity index (χ4v) is 3.00. The molecule has 1 saturated heterocycles. The number of halogens is 2. The fourth-order valence-electron chi connectivity index (χ4n) is 2.22. The van der Waals surface area contributed by atoms with Crippen LogP contribution in [0.4, 0.5) is 5.69 Å². The Kier molecular flexibility index (Phi) is 4.25. The highest BCUT2D eigenvalue weighted by Gasteiger charge is 2.46. The average Bonchev–Trinajstić information content (AvgIpc) is 2.41. The van der Waals surface area contributed by atoms with Crippen LogP contribution >= 0.6 is 31.9 Å². The van der Waals surface area contributed by atoms with Crippen molar-refractivity contribution in [3.63, 3.8) is 0 Å². The van der Waals surface area contributed by atoms with Crippen molar-refractivity contribution in [1.29, 1.82) is 0 Å². The van der Waals surface area contributed by atoms with Crippen molar-refractivity contribution in [2.75, 3.05) is 4.90 Å². The molecular weight excluding hydrogens is 388 g/mol. The predicted octanol–water partition coefficient (Wildman–Crippen LogP) is 3.23. The zero-order chi connectivity index (χ0) is 15.1. The second-order valence-electron chi connectivity index (χ2n) is 5.12. The van der Waals surface area contributed by atoms with Crippen molar-refractivity contribution in [2.24, 2.45) is 0 Å². The second kappa shape index (κ2) is 5.48. The number of hydrogen-bond acceptors (Lipinski definition) is 2. The SMILES string of the molecule is CCC1(C)NC(=O)C(C)N(c2cc(Br)ccc2Br)C1=O. The normalized spacial score (nSPS) is 26.6. The number of piperazine rings is 1. The van der Waals surface area contributed by atoms with Gasteiger partial charge in [0.1, 0.15) is 11.6 Å². The van der Waals surface area contributed by atoms with Crippen LogP contribution < -0.4 is 10.2 Å². The van der Waals surface area contributed by atoms with Gasteiger partial charge in [-0.05, 0) is 54.4 Å². The summed E-state index contributed by atoms with van der Waals surface area (Å²) in [6.07, 6.45) is 0.548. The maximum atomic E-state index is 12.8. The molecule has 1 aliphatic heterocycles. The van der Waals surface area contributed by atoms with Gasteiger partial charge in [0.15, 0.2) is 0 Å². The maximum Gasteiger partial charge on any atom is 0.253 e. The monoisotopic (exact) mass is 402 g/mol. The molecule has 0 aromatic heterocycles. The molecule has 2 amide bonds. The van der Waals surface area contributed by atoms with E-state index in [1.54, 1.807) is 18.7 Å². The van der Waals surface area contributed by atoms with Gasteiger partial charge in [-0.25, -0.2) is 0 Å². The Hall–Kier alpha value is -0.880. The first-order valence-corrected chi connectivity index (χ1v) is 7.99. The highest BCUT2D eigenvalue weighted by atomic mass is 79.9. The first-order chi connectivity index (χ1) is 9.30. The van der Waals surface area contributed by atoms with Gasteiger partial charge < -0.3 is 5.32 Å². The van der Waals surface area contributed by atoms with Gasteiger partial charge in [-0.3, -0.25) is 14.5 Å². The smallest absolute Gasteiger partial charge is 0.253 e. The Morgan fingerprint density at radius 2 is 2.00 bits per heavy atom. The molecule has 1 heterocycles. The number of amides is 2. The van der Waals surface area contributed by atoms with Crippen LogP contribution in [0, 0.1) is 0 Å². The van der Waals surface area contributed by atoms with Gasteiger partial charge in [0.05, 0.1) is 5.69 Å². The third-order valence-electron chi connectivity index (χ3n) is 3.73. The van der Waals surface area contributed by atoms with Crippen molar-refractivity contribution in [3.05, 3.63) is 27.1 Å². The van der Waals surface area contributed by atoms with Crippen LogP contribution in [0.25, 0.3) is 0 Å². The van der Waals surface area contributed by atoms with E-state index < -0.39 is 11.6 Å². The summed E-state index contributed by atoms with van der Waals surface area (Å²) in [5.74, 6) is -0.230. The van der Waals surface area contributed by atoms with E-state index in [0.29, 0.717) is 12.1 Å². The number of nitrogens with one attached hydrogen (secondary N) is 1. The van der Waals surface area contributed by atoms with Gasteiger partial charge in [0.25, 0.3) is 5.91 Å². The third kappa shape index (κ3) is 2.51. The van der Waals surface area contributed by atoms with E-state index in [0.717, 1.165) is 8.95 Å².